The van der Waals surface area contributed by atoms with E-state index in [0.29, 0.717) is 19.6 Å². The van der Waals surface area contributed by atoms with Gasteiger partial charge >= 0.3 is 6.09 Å². The van der Waals surface area contributed by atoms with E-state index >= 15 is 0 Å². The fourth-order valence-electron chi connectivity index (χ4n) is 3.38. The van der Waals surface area contributed by atoms with Crippen molar-refractivity contribution in [2.45, 2.75) is 39.3 Å². The Morgan fingerprint density at radius 3 is 2.68 bits per heavy atom. The largest absolute Gasteiger partial charge is 0.459 e. The molecule has 1 aromatic heterocycles. The Bertz CT molecular complexity index is 813. The Labute approximate surface area is 182 Å². The number of amides is 1. The van der Waals surface area contributed by atoms with Crippen molar-refractivity contribution in [1.82, 2.24) is 15.5 Å². The highest BCUT2D eigenvalue weighted by molar-refractivity contribution is 14.0. The number of fused-ring (bicyclic) bond motifs is 1. The van der Waals surface area contributed by atoms with Gasteiger partial charge in [0.1, 0.15) is 17.9 Å². The van der Waals surface area contributed by atoms with Crippen molar-refractivity contribution < 1.29 is 13.9 Å². The molecule has 154 valence electrons. The number of methoxy groups -OCH3 is 1. The molecular weight excluding hydrogens is 471 g/mol. The smallest absolute Gasteiger partial charge is 0.409 e. The molecule has 1 aliphatic heterocycles. The minimum Gasteiger partial charge on any atom is -0.459 e. The second kappa shape index (κ2) is 10.5. The number of hydrogen-bond acceptors (Lipinski definition) is 4. The van der Waals surface area contributed by atoms with Crippen LogP contribution < -0.4 is 10.6 Å². The molecule has 3 rings (SSSR count). The Balaban J connectivity index is 0.00000280. The summed E-state index contributed by atoms with van der Waals surface area (Å²) in [7, 11) is 1.42. The third-order valence-electron chi connectivity index (χ3n) is 4.94. The van der Waals surface area contributed by atoms with Crippen molar-refractivity contribution in [1.29, 1.82) is 0 Å². The molecule has 0 unspecified atom stereocenters. The van der Waals surface area contributed by atoms with Gasteiger partial charge in [0, 0.05) is 36.6 Å². The number of carbonyl (C=O) groups is 1. The van der Waals surface area contributed by atoms with Crippen molar-refractivity contribution in [3.8, 4) is 0 Å². The maximum Gasteiger partial charge on any atom is 0.409 e. The van der Waals surface area contributed by atoms with Crippen LogP contribution in [0.3, 0.4) is 0 Å². The van der Waals surface area contributed by atoms with E-state index in [2.05, 4.69) is 23.6 Å². The first-order valence-electron chi connectivity index (χ1n) is 9.47. The van der Waals surface area contributed by atoms with E-state index in [1.165, 1.54) is 7.11 Å². The molecule has 7 nitrogen and oxygen atoms in total. The molecule has 1 amide bonds. The Morgan fingerprint density at radius 1 is 1.32 bits per heavy atom. The monoisotopic (exact) mass is 500 g/mol. The standard InChI is InChI=1S/C20H28N4O3.HI/c1-4-21-19(23-15-9-11-24(12-10-15)20(25)26-3)22-13-18-14(2)16-7-5-6-8-17(16)27-18;/h5-8,15H,4,9-13H2,1-3H3,(H2,21,22,23);1H. The molecule has 1 saturated heterocycles. The second-order valence-corrected chi connectivity index (χ2v) is 6.72. The van der Waals surface area contributed by atoms with E-state index in [0.717, 1.165) is 47.6 Å². The van der Waals surface area contributed by atoms with Crippen LogP contribution in [0.2, 0.25) is 0 Å². The van der Waals surface area contributed by atoms with Gasteiger partial charge in [0.05, 0.1) is 7.11 Å². The maximum absolute atomic E-state index is 11.6. The van der Waals surface area contributed by atoms with Gasteiger partial charge < -0.3 is 24.7 Å². The molecule has 1 fully saturated rings. The normalized spacial score (nSPS) is 15.2. The number of carbonyl (C=O) groups excluding carboxylic acids is 1. The fraction of sp³-hybridized carbons (Fsp3) is 0.500. The number of ether oxygens (including phenoxy) is 1. The minimum absolute atomic E-state index is 0. The van der Waals surface area contributed by atoms with Gasteiger partial charge in [-0.1, -0.05) is 18.2 Å². The predicted molar refractivity (Wildman–Crippen MR) is 121 cm³/mol. The number of benzene rings is 1. The molecule has 0 saturated carbocycles. The molecule has 0 aliphatic carbocycles. The molecule has 2 N–H and O–H groups in total. The summed E-state index contributed by atoms with van der Waals surface area (Å²) in [5.41, 5.74) is 2.03. The first-order valence-corrected chi connectivity index (χ1v) is 9.47. The number of likely N-dealkylation sites (tertiary alicyclic amines) is 1. The Morgan fingerprint density at radius 2 is 2.04 bits per heavy atom. The number of aliphatic imine (C=N–C) groups is 1. The topological polar surface area (TPSA) is 79.1 Å². The van der Waals surface area contributed by atoms with Crippen molar-refractivity contribution in [2.24, 2.45) is 4.99 Å². The lowest BCUT2D eigenvalue weighted by Gasteiger charge is -2.32. The lowest BCUT2D eigenvalue weighted by Crippen LogP contribution is -2.49. The summed E-state index contributed by atoms with van der Waals surface area (Å²) >= 11 is 0. The third-order valence-corrected chi connectivity index (χ3v) is 4.94. The molecule has 1 aliphatic rings. The SMILES string of the molecule is CCNC(=NCc1oc2ccccc2c1C)NC1CCN(C(=O)OC)CC1.I. The molecule has 0 atom stereocenters. The average molecular weight is 500 g/mol. The van der Waals surface area contributed by atoms with Crippen LogP contribution in [0.15, 0.2) is 33.7 Å². The first kappa shape index (κ1) is 22.3. The van der Waals surface area contributed by atoms with E-state index in [-0.39, 0.29) is 36.1 Å². The quantitative estimate of drug-likeness (QED) is 0.381. The Kier molecular flexibility index (Phi) is 8.40. The molecular formula is C20H29IN4O3. The molecule has 2 heterocycles. The minimum atomic E-state index is -0.255. The van der Waals surface area contributed by atoms with E-state index in [1.54, 1.807) is 4.90 Å². The highest BCUT2D eigenvalue weighted by atomic mass is 127. The molecule has 28 heavy (non-hydrogen) atoms. The number of para-hydroxylation sites is 1. The fourth-order valence-corrected chi connectivity index (χ4v) is 3.38. The predicted octanol–water partition coefficient (Wildman–Crippen LogP) is 3.65. The summed E-state index contributed by atoms with van der Waals surface area (Å²) in [6, 6.07) is 8.32. The zero-order valence-corrected chi connectivity index (χ0v) is 19.0. The van der Waals surface area contributed by atoms with Gasteiger partial charge in [-0.05, 0) is 32.8 Å². The van der Waals surface area contributed by atoms with Crippen molar-refractivity contribution in [3.05, 3.63) is 35.6 Å². The van der Waals surface area contributed by atoms with Gasteiger partial charge in [-0.25, -0.2) is 9.79 Å². The van der Waals surface area contributed by atoms with E-state index in [1.807, 2.05) is 25.1 Å². The zero-order valence-electron chi connectivity index (χ0n) is 16.7. The number of nitrogens with zero attached hydrogens (tertiary/aromatic N) is 2. The van der Waals surface area contributed by atoms with Gasteiger partial charge in [-0.15, -0.1) is 24.0 Å². The van der Waals surface area contributed by atoms with Crippen LogP contribution in [-0.4, -0.2) is 49.7 Å². The van der Waals surface area contributed by atoms with Crippen LogP contribution in [-0.2, 0) is 11.3 Å². The van der Waals surface area contributed by atoms with Gasteiger partial charge in [-0.3, -0.25) is 0 Å². The Hall–Kier alpha value is -1.97. The number of hydrogen-bond donors (Lipinski definition) is 2. The van der Waals surface area contributed by atoms with Crippen LogP contribution in [0.4, 0.5) is 4.79 Å². The number of halogens is 1. The highest BCUT2D eigenvalue weighted by Crippen LogP contribution is 2.25. The van der Waals surface area contributed by atoms with Crippen molar-refractivity contribution in [2.75, 3.05) is 26.7 Å². The number of aryl methyl sites for hydroxylation is 1. The highest BCUT2D eigenvalue weighted by Gasteiger charge is 2.23. The van der Waals surface area contributed by atoms with Gasteiger partial charge in [0.15, 0.2) is 5.96 Å². The molecule has 0 radical (unpaired) electrons. The van der Waals surface area contributed by atoms with Gasteiger partial charge in [-0.2, -0.15) is 0 Å². The zero-order chi connectivity index (χ0) is 19.2. The maximum atomic E-state index is 11.6. The average Bonchev–Trinajstić information content (AvgIpc) is 3.02. The summed E-state index contributed by atoms with van der Waals surface area (Å²) in [5.74, 6) is 1.66. The first-order chi connectivity index (χ1) is 13.1. The van der Waals surface area contributed by atoms with Crippen LogP contribution in [0, 0.1) is 6.92 Å². The van der Waals surface area contributed by atoms with E-state index in [9.17, 15) is 4.79 Å². The summed E-state index contributed by atoms with van der Waals surface area (Å²) in [6.45, 7) is 6.75. The summed E-state index contributed by atoms with van der Waals surface area (Å²) < 4.78 is 10.7. The lowest BCUT2D eigenvalue weighted by molar-refractivity contribution is 0.111. The van der Waals surface area contributed by atoms with Gasteiger partial charge in [0.2, 0.25) is 0 Å². The molecule has 2 aromatic rings. The third kappa shape index (κ3) is 5.30. The number of piperidine rings is 1. The van der Waals surface area contributed by atoms with Crippen LogP contribution >= 0.6 is 24.0 Å². The number of nitrogens with one attached hydrogen (secondary N) is 2. The van der Waals surface area contributed by atoms with Crippen LogP contribution in [0.25, 0.3) is 11.0 Å². The van der Waals surface area contributed by atoms with Crippen LogP contribution in [0.5, 0.6) is 0 Å². The number of rotatable bonds is 4. The molecule has 0 bridgehead atoms. The van der Waals surface area contributed by atoms with Gasteiger partial charge in [0.25, 0.3) is 0 Å². The molecule has 8 heteroatoms. The number of guanidine groups is 1. The second-order valence-electron chi connectivity index (χ2n) is 6.72. The van der Waals surface area contributed by atoms with E-state index < -0.39 is 0 Å². The molecule has 1 aromatic carbocycles. The van der Waals surface area contributed by atoms with E-state index in [4.69, 9.17) is 14.1 Å². The molecule has 0 spiro atoms. The lowest BCUT2D eigenvalue weighted by atomic mass is 10.1. The van der Waals surface area contributed by atoms with Crippen molar-refractivity contribution >= 4 is 47.0 Å². The van der Waals surface area contributed by atoms with Crippen molar-refractivity contribution in [3.63, 3.8) is 0 Å². The van der Waals surface area contributed by atoms with Crippen LogP contribution in [0.1, 0.15) is 31.1 Å². The summed E-state index contributed by atoms with van der Waals surface area (Å²) in [4.78, 5) is 18.0. The summed E-state index contributed by atoms with van der Waals surface area (Å²) in [6.07, 6.45) is 1.47. The number of furan rings is 1. The summed E-state index contributed by atoms with van der Waals surface area (Å²) in [5, 5.41) is 7.90.